The van der Waals surface area contributed by atoms with Gasteiger partial charge in [0.2, 0.25) is 5.91 Å². The fourth-order valence-corrected chi connectivity index (χ4v) is 6.87. The van der Waals surface area contributed by atoms with Crippen molar-refractivity contribution in [1.82, 2.24) is 14.8 Å². The number of nitrogens with one attached hydrogen (secondary N) is 1. The fraction of sp³-hybridized carbons (Fsp3) is 0.514. The van der Waals surface area contributed by atoms with Crippen LogP contribution in [0.25, 0.3) is 11.1 Å². The Bertz CT molecular complexity index is 1810. The second-order valence-electron chi connectivity index (χ2n) is 14.0. The summed E-state index contributed by atoms with van der Waals surface area (Å²) < 4.78 is 118. The van der Waals surface area contributed by atoms with Crippen LogP contribution in [0.4, 0.5) is 35.1 Å². The van der Waals surface area contributed by atoms with Crippen molar-refractivity contribution in [3.63, 3.8) is 0 Å². The van der Waals surface area contributed by atoms with Crippen LogP contribution in [-0.4, -0.2) is 51.5 Å². The molecular formula is C37H43F8N3O4. The zero-order valence-electron chi connectivity index (χ0n) is 29.5. The van der Waals surface area contributed by atoms with Gasteiger partial charge >= 0.3 is 12.4 Å². The van der Waals surface area contributed by atoms with Crippen LogP contribution >= 0.6 is 0 Å². The molecule has 0 saturated carbocycles. The molecule has 2 atom stereocenters. The number of benzene rings is 2. The Kier molecular flexibility index (Phi) is 12.6. The Hall–Kier alpha value is -3.82. The maximum atomic E-state index is 16.5. The lowest BCUT2D eigenvalue weighted by Gasteiger charge is -2.30. The van der Waals surface area contributed by atoms with Crippen molar-refractivity contribution < 1.29 is 50.1 Å². The number of aryl methyl sites for hydroxylation is 4. The number of likely N-dealkylation sites (tertiary alicyclic amines) is 1. The van der Waals surface area contributed by atoms with Crippen LogP contribution in [-0.2, 0) is 23.6 Å². The largest absolute Gasteiger partial charge is 0.419 e. The van der Waals surface area contributed by atoms with E-state index >= 15 is 8.78 Å². The van der Waals surface area contributed by atoms with E-state index in [1.807, 2.05) is 4.90 Å². The molecule has 1 aromatic heterocycles. The third-order valence-corrected chi connectivity index (χ3v) is 9.27. The minimum absolute atomic E-state index is 0.0279. The number of aromatic nitrogens is 1. The van der Waals surface area contributed by atoms with Gasteiger partial charge in [-0.2, -0.15) is 26.3 Å². The Labute approximate surface area is 296 Å². The van der Waals surface area contributed by atoms with Gasteiger partial charge in [0.1, 0.15) is 17.7 Å². The number of aliphatic hydroxyl groups is 2. The maximum Gasteiger partial charge on any atom is 0.419 e. The van der Waals surface area contributed by atoms with Crippen molar-refractivity contribution >= 4 is 5.91 Å². The molecule has 2 heterocycles. The third kappa shape index (κ3) is 9.39. The highest BCUT2D eigenvalue weighted by molar-refractivity contribution is 5.81. The van der Waals surface area contributed by atoms with Gasteiger partial charge in [0.25, 0.3) is 5.56 Å². The standard InChI is InChI=1S/C37H43F8N3O4/c1-19(2)12-28(48-18-23(8-6-9-47-10-7-11-47)25(16-29(48)49)36(40,41)42)35(52)46-27(17-30(50)51)32-33(38)24(15-26(34(32)39)37(43,44)45)31-21(4)13-20(3)14-22(31)5/h13-16,18-19,27-28,30,50-51H,6-12,17H2,1-5H3,(H,46,52)/t27-,28-/m0/s1. The van der Waals surface area contributed by atoms with Gasteiger partial charge < -0.3 is 25.0 Å². The number of nitrogens with zero attached hydrogens (tertiary/aromatic N) is 2. The number of halogens is 8. The molecule has 1 aliphatic heterocycles. The first-order valence-corrected chi connectivity index (χ1v) is 17.0. The first kappa shape index (κ1) is 40.9. The van der Waals surface area contributed by atoms with Crippen LogP contribution in [0.2, 0.25) is 0 Å². The van der Waals surface area contributed by atoms with Crippen LogP contribution in [0.5, 0.6) is 0 Å². The number of pyridine rings is 1. The van der Waals surface area contributed by atoms with E-state index in [1.165, 1.54) is 13.8 Å². The molecule has 3 N–H and O–H groups in total. The minimum atomic E-state index is -5.35. The van der Waals surface area contributed by atoms with Crippen LogP contribution < -0.4 is 10.9 Å². The normalized spacial score (nSPS) is 15.2. The molecule has 286 valence electrons. The van der Waals surface area contributed by atoms with Crippen LogP contribution in [0.15, 0.2) is 35.3 Å². The molecule has 1 fully saturated rings. The molecule has 1 aliphatic rings. The Morgan fingerprint density at radius 1 is 0.885 bits per heavy atom. The smallest absolute Gasteiger partial charge is 0.368 e. The molecule has 0 bridgehead atoms. The van der Waals surface area contributed by atoms with Gasteiger partial charge in [-0.1, -0.05) is 31.5 Å². The van der Waals surface area contributed by atoms with Crippen molar-refractivity contribution in [3.8, 4) is 11.1 Å². The summed E-state index contributed by atoms with van der Waals surface area (Å²) >= 11 is 0. The molecule has 0 unspecified atom stereocenters. The summed E-state index contributed by atoms with van der Waals surface area (Å²) in [5.41, 5.74) is -4.99. The predicted molar refractivity (Wildman–Crippen MR) is 178 cm³/mol. The molecule has 52 heavy (non-hydrogen) atoms. The number of hydrogen-bond acceptors (Lipinski definition) is 5. The first-order chi connectivity index (χ1) is 24.1. The molecule has 0 aliphatic carbocycles. The second kappa shape index (κ2) is 16.0. The fourth-order valence-electron chi connectivity index (χ4n) is 6.87. The van der Waals surface area contributed by atoms with E-state index in [2.05, 4.69) is 5.32 Å². The van der Waals surface area contributed by atoms with E-state index in [0.29, 0.717) is 36.2 Å². The first-order valence-electron chi connectivity index (χ1n) is 17.0. The maximum absolute atomic E-state index is 16.5. The van der Waals surface area contributed by atoms with Gasteiger partial charge in [-0.15, -0.1) is 0 Å². The molecule has 15 heteroatoms. The highest BCUT2D eigenvalue weighted by Crippen LogP contribution is 2.42. The van der Waals surface area contributed by atoms with Crippen molar-refractivity contribution in [2.45, 2.75) is 97.4 Å². The molecular weight excluding hydrogens is 702 g/mol. The van der Waals surface area contributed by atoms with Crippen molar-refractivity contribution in [2.75, 3.05) is 19.6 Å². The zero-order chi connectivity index (χ0) is 38.9. The molecule has 2 aromatic carbocycles. The van der Waals surface area contributed by atoms with E-state index in [-0.39, 0.29) is 29.9 Å². The summed E-state index contributed by atoms with van der Waals surface area (Å²) in [6.07, 6.45) is -11.8. The average molecular weight is 746 g/mol. The second-order valence-corrected chi connectivity index (χ2v) is 14.0. The monoisotopic (exact) mass is 745 g/mol. The van der Waals surface area contributed by atoms with Crippen LogP contribution in [0, 0.1) is 38.3 Å². The number of rotatable bonds is 13. The van der Waals surface area contributed by atoms with Gasteiger partial charge in [0.15, 0.2) is 6.29 Å². The third-order valence-electron chi connectivity index (χ3n) is 9.27. The van der Waals surface area contributed by atoms with E-state index in [0.717, 1.165) is 35.8 Å². The van der Waals surface area contributed by atoms with Crippen molar-refractivity contribution in [2.24, 2.45) is 5.92 Å². The van der Waals surface area contributed by atoms with Crippen molar-refractivity contribution in [3.05, 3.63) is 91.4 Å². The van der Waals surface area contributed by atoms with Gasteiger partial charge in [0.05, 0.1) is 17.2 Å². The molecule has 3 aromatic rings. The summed E-state index contributed by atoms with van der Waals surface area (Å²) in [6.45, 7) is 10.2. The van der Waals surface area contributed by atoms with E-state index in [1.54, 1.807) is 32.9 Å². The molecule has 0 radical (unpaired) electrons. The van der Waals surface area contributed by atoms with Gasteiger partial charge in [-0.25, -0.2) is 8.78 Å². The lowest BCUT2D eigenvalue weighted by atomic mass is 9.88. The van der Waals surface area contributed by atoms with E-state index < -0.39 is 82.5 Å². The highest BCUT2D eigenvalue weighted by atomic mass is 19.4. The zero-order valence-corrected chi connectivity index (χ0v) is 29.5. The minimum Gasteiger partial charge on any atom is -0.368 e. The number of hydrogen-bond donors (Lipinski definition) is 3. The van der Waals surface area contributed by atoms with Gasteiger partial charge in [0, 0.05) is 29.8 Å². The molecule has 7 nitrogen and oxygen atoms in total. The SMILES string of the molecule is Cc1cc(C)c(-c2cc(C(F)(F)F)c(F)c([C@H](CC(O)O)NC(=O)[C@H](CC(C)C)n3cc(CCCN4CCC4)c(C(F)(F)F)cc3=O)c2F)c(C)c1. The highest BCUT2D eigenvalue weighted by Gasteiger charge is 2.41. The summed E-state index contributed by atoms with van der Waals surface area (Å²) in [7, 11) is 0. The van der Waals surface area contributed by atoms with E-state index in [4.69, 9.17) is 0 Å². The molecule has 4 rings (SSSR count). The number of aliphatic hydroxyl groups excluding tert-OH is 1. The molecule has 1 saturated heterocycles. The lowest BCUT2D eigenvalue weighted by molar-refractivity contribution is -0.140. The topological polar surface area (TPSA) is 94.8 Å². The Morgan fingerprint density at radius 3 is 1.98 bits per heavy atom. The van der Waals surface area contributed by atoms with Gasteiger partial charge in [-0.3, -0.25) is 9.59 Å². The van der Waals surface area contributed by atoms with Crippen LogP contribution in [0.1, 0.15) is 90.6 Å². The van der Waals surface area contributed by atoms with E-state index in [9.17, 15) is 46.1 Å². The number of carbonyl (C=O) groups excluding carboxylic acids is 1. The summed E-state index contributed by atoms with van der Waals surface area (Å²) in [6, 6.07) is 0.147. The quantitative estimate of drug-likeness (QED) is 0.124. The average Bonchev–Trinajstić information content (AvgIpc) is 2.96. The number of amides is 1. The molecule has 1 amide bonds. The Morgan fingerprint density at radius 2 is 1.48 bits per heavy atom. The molecule has 0 spiro atoms. The summed E-state index contributed by atoms with van der Waals surface area (Å²) in [5, 5.41) is 22.0. The summed E-state index contributed by atoms with van der Waals surface area (Å²) in [4.78, 5) is 29.3. The Balaban J connectivity index is 1.86. The van der Waals surface area contributed by atoms with Crippen LogP contribution in [0.3, 0.4) is 0 Å². The predicted octanol–water partition coefficient (Wildman–Crippen LogP) is 7.54. The lowest BCUT2D eigenvalue weighted by Crippen LogP contribution is -2.41. The number of alkyl halides is 6. The van der Waals surface area contributed by atoms with Gasteiger partial charge in [-0.05, 0) is 100 Å². The summed E-state index contributed by atoms with van der Waals surface area (Å²) in [5.74, 6) is -5.17. The van der Waals surface area contributed by atoms with Crippen molar-refractivity contribution in [1.29, 1.82) is 0 Å². The number of carbonyl (C=O) groups is 1.